The highest BCUT2D eigenvalue weighted by Gasteiger charge is 2.01. The summed E-state index contributed by atoms with van der Waals surface area (Å²) in [6.07, 6.45) is 1.73. The number of aromatic hydroxyl groups is 1. The summed E-state index contributed by atoms with van der Waals surface area (Å²) < 4.78 is 5.18. The van der Waals surface area contributed by atoms with E-state index in [9.17, 15) is 5.11 Å². The number of phenolic OH excluding ortho intramolecular Hbond substituents is 1. The van der Waals surface area contributed by atoms with Gasteiger partial charge in [0.1, 0.15) is 11.5 Å². The van der Waals surface area contributed by atoms with Gasteiger partial charge in [0.05, 0.1) is 7.11 Å². The van der Waals surface area contributed by atoms with Crippen LogP contribution in [0, 0.1) is 0 Å². The summed E-state index contributed by atoms with van der Waals surface area (Å²) in [5.74, 6) is 1.25. The van der Waals surface area contributed by atoms with Gasteiger partial charge >= 0.3 is 0 Å². The molecule has 0 bridgehead atoms. The van der Waals surface area contributed by atoms with Gasteiger partial charge in [0.15, 0.2) is 0 Å². The van der Waals surface area contributed by atoms with Gasteiger partial charge in [-0.25, -0.2) is 0 Å². The van der Waals surface area contributed by atoms with Crippen LogP contribution in [0.15, 0.2) is 48.5 Å². The van der Waals surface area contributed by atoms with Crippen LogP contribution >= 0.6 is 0 Å². The van der Waals surface area contributed by atoms with Crippen LogP contribution in [0.3, 0.4) is 0 Å². The zero-order chi connectivity index (χ0) is 12.1. The first kappa shape index (κ1) is 11.5. The minimum Gasteiger partial charge on any atom is -0.508 e. The number of ether oxygens (including phenoxy) is 1. The van der Waals surface area contributed by atoms with E-state index in [1.807, 2.05) is 36.4 Å². The predicted molar refractivity (Wildman–Crippen MR) is 68.5 cm³/mol. The van der Waals surface area contributed by atoms with Crippen LogP contribution in [0.5, 0.6) is 11.5 Å². The van der Waals surface area contributed by atoms with Crippen molar-refractivity contribution in [3.05, 3.63) is 59.7 Å². The molecule has 0 radical (unpaired) electrons. The van der Waals surface area contributed by atoms with Crippen molar-refractivity contribution in [2.24, 2.45) is 0 Å². The maximum atomic E-state index is 9.66. The molecule has 2 aromatic carbocycles. The lowest BCUT2D eigenvalue weighted by Gasteiger charge is -2.06. The van der Waals surface area contributed by atoms with Crippen LogP contribution in [0.1, 0.15) is 11.1 Å². The minimum atomic E-state index is 0.371. The fourth-order valence-electron chi connectivity index (χ4n) is 1.83. The molecule has 0 heterocycles. The van der Waals surface area contributed by atoms with Crippen LogP contribution in [-0.4, -0.2) is 12.2 Å². The summed E-state index contributed by atoms with van der Waals surface area (Å²) in [4.78, 5) is 0. The molecule has 17 heavy (non-hydrogen) atoms. The van der Waals surface area contributed by atoms with Gasteiger partial charge in [0.25, 0.3) is 0 Å². The molecule has 2 aromatic rings. The average Bonchev–Trinajstić information content (AvgIpc) is 2.38. The SMILES string of the molecule is COc1cccc(CCc2ccccc2O)c1. The van der Waals surface area contributed by atoms with Crippen molar-refractivity contribution < 1.29 is 9.84 Å². The zero-order valence-corrected chi connectivity index (χ0v) is 9.89. The molecule has 0 atom stereocenters. The topological polar surface area (TPSA) is 29.5 Å². The summed E-state index contributed by atoms with van der Waals surface area (Å²) in [7, 11) is 1.67. The number of para-hydroxylation sites is 1. The maximum absolute atomic E-state index is 9.66. The van der Waals surface area contributed by atoms with Crippen molar-refractivity contribution in [3.63, 3.8) is 0 Å². The van der Waals surface area contributed by atoms with Crippen molar-refractivity contribution in [2.45, 2.75) is 12.8 Å². The number of hydrogen-bond donors (Lipinski definition) is 1. The van der Waals surface area contributed by atoms with E-state index in [0.29, 0.717) is 5.75 Å². The van der Waals surface area contributed by atoms with E-state index in [4.69, 9.17) is 4.74 Å². The molecule has 0 spiro atoms. The van der Waals surface area contributed by atoms with E-state index in [-0.39, 0.29) is 0 Å². The highest BCUT2D eigenvalue weighted by molar-refractivity contribution is 5.34. The van der Waals surface area contributed by atoms with Gasteiger partial charge in [-0.05, 0) is 42.2 Å². The Morgan fingerprint density at radius 3 is 2.59 bits per heavy atom. The number of benzene rings is 2. The molecule has 0 aliphatic rings. The van der Waals surface area contributed by atoms with Crippen LogP contribution < -0.4 is 4.74 Å². The Balaban J connectivity index is 2.05. The summed E-state index contributed by atoms with van der Waals surface area (Å²) in [6, 6.07) is 15.5. The Morgan fingerprint density at radius 2 is 1.82 bits per heavy atom. The second-order valence-corrected chi connectivity index (χ2v) is 3.98. The van der Waals surface area contributed by atoms with E-state index in [2.05, 4.69) is 6.07 Å². The minimum absolute atomic E-state index is 0.371. The Morgan fingerprint density at radius 1 is 1.00 bits per heavy atom. The fraction of sp³-hybridized carbons (Fsp3) is 0.200. The molecule has 1 N–H and O–H groups in total. The molecule has 0 aliphatic carbocycles. The third kappa shape index (κ3) is 3.00. The molecule has 2 nitrogen and oxygen atoms in total. The van der Waals surface area contributed by atoms with Crippen molar-refractivity contribution in [3.8, 4) is 11.5 Å². The average molecular weight is 228 g/mol. The quantitative estimate of drug-likeness (QED) is 0.870. The first-order valence-corrected chi connectivity index (χ1v) is 5.69. The van der Waals surface area contributed by atoms with Gasteiger partial charge in [-0.3, -0.25) is 0 Å². The van der Waals surface area contributed by atoms with Gasteiger partial charge in [0, 0.05) is 0 Å². The number of rotatable bonds is 4. The Kier molecular flexibility index (Phi) is 3.66. The molecule has 2 heteroatoms. The van der Waals surface area contributed by atoms with Crippen LogP contribution in [0.2, 0.25) is 0 Å². The summed E-state index contributed by atoms with van der Waals surface area (Å²) >= 11 is 0. The lowest BCUT2D eigenvalue weighted by molar-refractivity contribution is 0.414. The molecular weight excluding hydrogens is 212 g/mol. The molecule has 0 aromatic heterocycles. The van der Waals surface area contributed by atoms with Crippen molar-refractivity contribution in [2.75, 3.05) is 7.11 Å². The highest BCUT2D eigenvalue weighted by Crippen LogP contribution is 2.19. The smallest absolute Gasteiger partial charge is 0.119 e. The molecule has 88 valence electrons. The monoisotopic (exact) mass is 228 g/mol. The molecule has 2 rings (SSSR count). The molecule has 0 amide bonds. The van der Waals surface area contributed by atoms with Crippen molar-refractivity contribution >= 4 is 0 Å². The van der Waals surface area contributed by atoms with E-state index in [1.165, 1.54) is 5.56 Å². The molecule has 0 aliphatic heterocycles. The molecule has 0 saturated heterocycles. The summed E-state index contributed by atoms with van der Waals surface area (Å²) in [5, 5.41) is 9.66. The first-order chi connectivity index (χ1) is 8.29. The van der Waals surface area contributed by atoms with Gasteiger partial charge in [0.2, 0.25) is 0 Å². The normalized spacial score (nSPS) is 10.2. The van der Waals surface area contributed by atoms with Crippen molar-refractivity contribution in [1.82, 2.24) is 0 Å². The number of methoxy groups -OCH3 is 1. The first-order valence-electron chi connectivity index (χ1n) is 5.69. The number of aryl methyl sites for hydroxylation is 2. The summed E-state index contributed by atoms with van der Waals surface area (Å²) in [5.41, 5.74) is 2.20. The maximum Gasteiger partial charge on any atom is 0.119 e. The Bertz CT molecular complexity index is 492. The lowest BCUT2D eigenvalue weighted by atomic mass is 10.0. The van der Waals surface area contributed by atoms with E-state index in [1.54, 1.807) is 13.2 Å². The Labute approximate surface area is 101 Å². The zero-order valence-electron chi connectivity index (χ0n) is 9.89. The van der Waals surface area contributed by atoms with E-state index < -0.39 is 0 Å². The predicted octanol–water partition coefficient (Wildman–Crippen LogP) is 3.19. The van der Waals surface area contributed by atoms with E-state index in [0.717, 1.165) is 24.2 Å². The van der Waals surface area contributed by atoms with Crippen LogP contribution in [-0.2, 0) is 12.8 Å². The van der Waals surface area contributed by atoms with Crippen molar-refractivity contribution in [1.29, 1.82) is 0 Å². The third-order valence-electron chi connectivity index (χ3n) is 2.81. The van der Waals surface area contributed by atoms with Crippen LogP contribution in [0.4, 0.5) is 0 Å². The Hall–Kier alpha value is -1.96. The largest absolute Gasteiger partial charge is 0.508 e. The van der Waals surface area contributed by atoms with Gasteiger partial charge in [-0.15, -0.1) is 0 Å². The molecular formula is C15H16O2. The van der Waals surface area contributed by atoms with Gasteiger partial charge < -0.3 is 9.84 Å². The molecule has 0 fully saturated rings. The number of phenols is 1. The lowest BCUT2D eigenvalue weighted by Crippen LogP contribution is -1.92. The molecule has 0 saturated carbocycles. The third-order valence-corrected chi connectivity index (χ3v) is 2.81. The molecule has 0 unspecified atom stereocenters. The second-order valence-electron chi connectivity index (χ2n) is 3.98. The van der Waals surface area contributed by atoms with Gasteiger partial charge in [-0.1, -0.05) is 30.3 Å². The van der Waals surface area contributed by atoms with E-state index >= 15 is 0 Å². The summed E-state index contributed by atoms with van der Waals surface area (Å²) in [6.45, 7) is 0. The standard InChI is InChI=1S/C15H16O2/c1-17-14-7-4-5-12(11-14)9-10-13-6-2-3-8-15(13)16/h2-8,11,16H,9-10H2,1H3. The van der Waals surface area contributed by atoms with Crippen LogP contribution in [0.25, 0.3) is 0 Å². The highest BCUT2D eigenvalue weighted by atomic mass is 16.5. The number of hydrogen-bond acceptors (Lipinski definition) is 2. The second kappa shape index (κ2) is 5.39. The van der Waals surface area contributed by atoms with Gasteiger partial charge in [-0.2, -0.15) is 0 Å². The fourth-order valence-corrected chi connectivity index (χ4v) is 1.83.